The van der Waals surface area contributed by atoms with Crippen LogP contribution in [0.15, 0.2) is 84.0 Å². The van der Waals surface area contributed by atoms with E-state index in [9.17, 15) is 13.2 Å². The number of carbonyl (C=O) groups excluding carboxylic acids is 1. The van der Waals surface area contributed by atoms with Crippen LogP contribution >= 0.6 is 0 Å². The number of carbonyl (C=O) groups is 1. The Morgan fingerprint density at radius 1 is 0.923 bits per heavy atom. The van der Waals surface area contributed by atoms with Crippen molar-refractivity contribution < 1.29 is 17.9 Å². The molecular weight excluding hydrogens is 512 g/mol. The van der Waals surface area contributed by atoms with Crippen LogP contribution in [0.5, 0.6) is 11.5 Å². The molecule has 8 nitrogen and oxygen atoms in total. The first kappa shape index (κ1) is 27.7. The highest BCUT2D eigenvalue weighted by Crippen LogP contribution is 2.26. The first-order valence-corrected chi connectivity index (χ1v) is 14.3. The van der Waals surface area contributed by atoms with Crippen LogP contribution < -0.4 is 14.5 Å². The van der Waals surface area contributed by atoms with Crippen molar-refractivity contribution in [3.63, 3.8) is 0 Å². The van der Waals surface area contributed by atoms with Crippen molar-refractivity contribution in [2.24, 2.45) is 5.10 Å². The maximum Gasteiger partial charge on any atom is 0.260 e. The number of aryl methyl sites for hydroxylation is 3. The van der Waals surface area contributed by atoms with Gasteiger partial charge in [-0.2, -0.15) is 5.10 Å². The van der Waals surface area contributed by atoms with Crippen LogP contribution in [0.25, 0.3) is 5.69 Å². The molecule has 9 heteroatoms. The second-order valence-corrected chi connectivity index (χ2v) is 11.4. The summed E-state index contributed by atoms with van der Waals surface area (Å²) in [5, 5.41) is 4.10. The van der Waals surface area contributed by atoms with Crippen molar-refractivity contribution in [3.8, 4) is 17.2 Å². The standard InChI is InChI=1S/C30H32N4O4S/c1-21-15-22(2)17-27(16-21)34-23(3)18-25(24(34)4)19-31-32-30(35)20-33(39(5,36)37)26-11-13-29(14-12-26)38-28-9-7-6-8-10-28/h6-19H,20H2,1-5H3,(H,32,35)/b31-19+. The highest BCUT2D eigenvalue weighted by atomic mass is 32.2. The smallest absolute Gasteiger partial charge is 0.260 e. The molecule has 0 unspecified atom stereocenters. The minimum atomic E-state index is -3.73. The molecule has 0 atom stereocenters. The predicted octanol–water partition coefficient (Wildman–Crippen LogP) is 5.42. The van der Waals surface area contributed by atoms with Gasteiger partial charge in [-0.05, 0) is 93.4 Å². The zero-order chi connectivity index (χ0) is 28.2. The van der Waals surface area contributed by atoms with Crippen LogP contribution in [0.3, 0.4) is 0 Å². The number of hydrogen-bond donors (Lipinski definition) is 1. The van der Waals surface area contributed by atoms with E-state index in [-0.39, 0.29) is 0 Å². The van der Waals surface area contributed by atoms with Crippen LogP contribution in [-0.2, 0) is 14.8 Å². The molecule has 39 heavy (non-hydrogen) atoms. The summed E-state index contributed by atoms with van der Waals surface area (Å²) in [6, 6.07) is 24.1. The number of nitrogens with one attached hydrogen (secondary N) is 1. The Morgan fingerprint density at radius 3 is 2.15 bits per heavy atom. The average molecular weight is 545 g/mol. The lowest BCUT2D eigenvalue weighted by Crippen LogP contribution is -2.39. The number of sulfonamides is 1. The number of hydrogen-bond acceptors (Lipinski definition) is 5. The number of aromatic nitrogens is 1. The van der Waals surface area contributed by atoms with Gasteiger partial charge < -0.3 is 9.30 Å². The molecule has 0 saturated heterocycles. The van der Waals surface area contributed by atoms with E-state index in [2.05, 4.69) is 47.1 Å². The molecule has 0 spiro atoms. The van der Waals surface area contributed by atoms with E-state index in [0.29, 0.717) is 17.2 Å². The van der Waals surface area contributed by atoms with E-state index >= 15 is 0 Å². The highest BCUT2D eigenvalue weighted by molar-refractivity contribution is 7.92. The molecule has 1 N–H and O–H groups in total. The number of benzene rings is 3. The van der Waals surface area contributed by atoms with Gasteiger partial charge in [-0.3, -0.25) is 9.10 Å². The average Bonchev–Trinajstić information content (AvgIpc) is 3.15. The lowest BCUT2D eigenvalue weighted by molar-refractivity contribution is -0.119. The summed E-state index contributed by atoms with van der Waals surface area (Å²) in [5.41, 5.74) is 9.07. The molecule has 4 aromatic rings. The quantitative estimate of drug-likeness (QED) is 0.225. The van der Waals surface area contributed by atoms with Gasteiger partial charge in [0.25, 0.3) is 5.91 Å². The zero-order valence-corrected chi connectivity index (χ0v) is 23.5. The molecule has 1 amide bonds. The van der Waals surface area contributed by atoms with Crippen LogP contribution in [0.2, 0.25) is 0 Å². The molecule has 0 aliphatic heterocycles. The van der Waals surface area contributed by atoms with Gasteiger partial charge >= 0.3 is 0 Å². The predicted molar refractivity (Wildman–Crippen MR) is 156 cm³/mol. The number of rotatable bonds is 9. The summed E-state index contributed by atoms with van der Waals surface area (Å²) >= 11 is 0. The van der Waals surface area contributed by atoms with E-state index in [1.54, 1.807) is 30.5 Å². The Morgan fingerprint density at radius 2 is 1.54 bits per heavy atom. The Hall–Kier alpha value is -4.37. The number of para-hydroxylation sites is 1. The SMILES string of the molecule is Cc1cc(C)cc(-n2c(C)cc(/C=N/NC(=O)CN(c3ccc(Oc4ccccc4)cc3)S(C)(=O)=O)c2C)c1. The van der Waals surface area contributed by atoms with Crippen molar-refractivity contribution in [2.75, 3.05) is 17.1 Å². The second-order valence-electron chi connectivity index (χ2n) is 9.48. The van der Waals surface area contributed by atoms with Gasteiger partial charge in [0.2, 0.25) is 10.0 Å². The van der Waals surface area contributed by atoms with Gasteiger partial charge in [-0.15, -0.1) is 0 Å². The Bertz CT molecular complexity index is 1590. The van der Waals surface area contributed by atoms with Crippen molar-refractivity contribution in [3.05, 3.63) is 107 Å². The van der Waals surface area contributed by atoms with Crippen molar-refractivity contribution in [1.29, 1.82) is 0 Å². The number of hydrazone groups is 1. The Labute approximate surface area is 229 Å². The maximum absolute atomic E-state index is 12.7. The molecule has 0 radical (unpaired) electrons. The largest absolute Gasteiger partial charge is 0.457 e. The summed E-state index contributed by atoms with van der Waals surface area (Å²) in [6.07, 6.45) is 2.62. The van der Waals surface area contributed by atoms with E-state index in [0.717, 1.165) is 33.2 Å². The molecule has 0 aliphatic carbocycles. The normalized spacial score (nSPS) is 11.5. The van der Waals surface area contributed by atoms with Crippen molar-refractivity contribution in [1.82, 2.24) is 9.99 Å². The van der Waals surface area contributed by atoms with Gasteiger partial charge in [0.15, 0.2) is 0 Å². The van der Waals surface area contributed by atoms with Gasteiger partial charge in [0.1, 0.15) is 18.0 Å². The fourth-order valence-corrected chi connectivity index (χ4v) is 5.30. The minimum absolute atomic E-state index is 0.342. The Kier molecular flexibility index (Phi) is 8.21. The van der Waals surface area contributed by atoms with E-state index < -0.39 is 22.5 Å². The molecule has 0 saturated carbocycles. The van der Waals surface area contributed by atoms with Crippen molar-refractivity contribution in [2.45, 2.75) is 27.7 Å². The summed E-state index contributed by atoms with van der Waals surface area (Å²) in [4.78, 5) is 12.7. The first-order valence-electron chi connectivity index (χ1n) is 12.4. The molecule has 0 fully saturated rings. The monoisotopic (exact) mass is 544 g/mol. The molecule has 1 aromatic heterocycles. The molecule has 3 aromatic carbocycles. The number of ether oxygens (including phenoxy) is 1. The number of amides is 1. The topological polar surface area (TPSA) is 93.0 Å². The van der Waals surface area contributed by atoms with Crippen molar-refractivity contribution >= 4 is 27.8 Å². The van der Waals surface area contributed by atoms with Crippen LogP contribution in [0.1, 0.15) is 28.1 Å². The van der Waals surface area contributed by atoms with Gasteiger partial charge in [-0.25, -0.2) is 13.8 Å². The third-order valence-corrected chi connectivity index (χ3v) is 7.26. The van der Waals surface area contributed by atoms with E-state index in [1.807, 2.05) is 50.2 Å². The molecule has 0 aliphatic rings. The lowest BCUT2D eigenvalue weighted by Gasteiger charge is -2.21. The molecule has 4 rings (SSSR count). The summed E-state index contributed by atoms with van der Waals surface area (Å²) < 4.78 is 33.9. The van der Waals surface area contributed by atoms with E-state index in [4.69, 9.17) is 4.74 Å². The maximum atomic E-state index is 12.7. The zero-order valence-electron chi connectivity index (χ0n) is 22.7. The van der Waals surface area contributed by atoms with Crippen LogP contribution in [-0.4, -0.2) is 37.9 Å². The molecule has 202 valence electrons. The van der Waals surface area contributed by atoms with E-state index in [1.165, 1.54) is 11.1 Å². The minimum Gasteiger partial charge on any atom is -0.457 e. The van der Waals surface area contributed by atoms with Crippen LogP contribution in [0.4, 0.5) is 5.69 Å². The second kappa shape index (κ2) is 11.6. The molecule has 1 heterocycles. The lowest BCUT2D eigenvalue weighted by atomic mass is 10.1. The third kappa shape index (κ3) is 6.94. The van der Waals surface area contributed by atoms with Gasteiger partial charge in [0.05, 0.1) is 18.2 Å². The fourth-order valence-electron chi connectivity index (χ4n) is 4.44. The third-order valence-electron chi connectivity index (χ3n) is 6.12. The summed E-state index contributed by atoms with van der Waals surface area (Å²) in [6.45, 7) is 7.71. The number of anilines is 1. The Balaban J connectivity index is 1.44. The molecule has 0 bridgehead atoms. The van der Waals surface area contributed by atoms with Gasteiger partial charge in [-0.1, -0.05) is 24.3 Å². The first-order chi connectivity index (χ1) is 18.5. The summed E-state index contributed by atoms with van der Waals surface area (Å²) in [7, 11) is -3.73. The number of nitrogens with zero attached hydrogens (tertiary/aromatic N) is 3. The van der Waals surface area contributed by atoms with Gasteiger partial charge in [0, 0.05) is 22.6 Å². The molecular formula is C30H32N4O4S. The van der Waals surface area contributed by atoms with Crippen LogP contribution in [0, 0.1) is 27.7 Å². The fraction of sp³-hybridized carbons (Fsp3) is 0.200. The summed E-state index contributed by atoms with van der Waals surface area (Å²) in [5.74, 6) is 0.646. The highest BCUT2D eigenvalue weighted by Gasteiger charge is 2.21.